The van der Waals surface area contributed by atoms with Crippen molar-refractivity contribution in [3.8, 4) is 11.6 Å². The zero-order valence-electron chi connectivity index (χ0n) is 20.4. The van der Waals surface area contributed by atoms with Gasteiger partial charge in [-0.2, -0.15) is 4.98 Å². The Morgan fingerprint density at radius 3 is 2.51 bits per heavy atom. The molecule has 0 unspecified atom stereocenters. The van der Waals surface area contributed by atoms with E-state index in [1.165, 1.54) is 22.0 Å². The summed E-state index contributed by atoms with van der Waals surface area (Å²) in [6.07, 6.45) is 7.72. The molecule has 0 saturated heterocycles. The molecule has 0 aliphatic rings. The van der Waals surface area contributed by atoms with Crippen LogP contribution in [0.5, 0.6) is 0 Å². The van der Waals surface area contributed by atoms with Gasteiger partial charge >= 0.3 is 0 Å². The molecule has 2 N–H and O–H groups in total. The molecule has 0 saturated carbocycles. The smallest absolute Gasteiger partial charge is 0.276 e. The van der Waals surface area contributed by atoms with E-state index in [2.05, 4.69) is 80.2 Å². The van der Waals surface area contributed by atoms with E-state index in [-0.39, 0.29) is 0 Å². The SMILES string of the molecule is c1ccc(Cc2noc(-c3cc(Nc4ccc(CCCc5c[nH]c6ccccc56)cc4)ccn3)n2)cc1. The van der Waals surface area contributed by atoms with Crippen molar-refractivity contribution in [1.29, 1.82) is 0 Å². The third kappa shape index (κ3) is 5.43. The normalized spacial score (nSPS) is 11.1. The van der Waals surface area contributed by atoms with Gasteiger partial charge in [-0.05, 0) is 66.3 Å². The summed E-state index contributed by atoms with van der Waals surface area (Å²) in [5, 5.41) is 8.90. The Hall–Kier alpha value is -4.71. The lowest BCUT2D eigenvalue weighted by atomic mass is 10.0. The highest BCUT2D eigenvalue weighted by molar-refractivity contribution is 5.83. The zero-order chi connectivity index (χ0) is 24.9. The van der Waals surface area contributed by atoms with Gasteiger partial charge in [-0.25, -0.2) is 0 Å². The molecule has 6 aromatic rings. The third-order valence-corrected chi connectivity index (χ3v) is 6.48. The van der Waals surface area contributed by atoms with Crippen molar-refractivity contribution in [1.82, 2.24) is 20.1 Å². The van der Waals surface area contributed by atoms with Gasteiger partial charge in [-0.3, -0.25) is 4.98 Å². The Labute approximate surface area is 215 Å². The second-order valence-corrected chi connectivity index (χ2v) is 9.14. The molecular formula is C31H27N5O. The summed E-state index contributed by atoms with van der Waals surface area (Å²) in [5.41, 5.74) is 7.64. The number of fused-ring (bicyclic) bond motifs is 1. The van der Waals surface area contributed by atoms with Crippen LogP contribution in [0.3, 0.4) is 0 Å². The summed E-state index contributed by atoms with van der Waals surface area (Å²) in [6, 6.07) is 31.1. The van der Waals surface area contributed by atoms with E-state index in [0.29, 0.717) is 23.8 Å². The van der Waals surface area contributed by atoms with Crippen LogP contribution in [0, 0.1) is 0 Å². The van der Waals surface area contributed by atoms with Gasteiger partial charge in [-0.15, -0.1) is 0 Å². The number of nitrogens with zero attached hydrogens (tertiary/aromatic N) is 3. The number of pyridine rings is 1. The molecule has 37 heavy (non-hydrogen) atoms. The molecule has 0 amide bonds. The highest BCUT2D eigenvalue weighted by atomic mass is 16.5. The minimum absolute atomic E-state index is 0.417. The topological polar surface area (TPSA) is 79.6 Å². The Kier molecular flexibility index (Phi) is 6.45. The predicted octanol–water partition coefficient (Wildman–Crippen LogP) is 7.12. The fourth-order valence-corrected chi connectivity index (χ4v) is 4.58. The lowest BCUT2D eigenvalue weighted by Crippen LogP contribution is -1.94. The monoisotopic (exact) mass is 485 g/mol. The number of hydrogen-bond acceptors (Lipinski definition) is 5. The van der Waals surface area contributed by atoms with E-state index < -0.39 is 0 Å². The standard InChI is InChI=1S/C31H27N5O/c1-2-7-23(8-3-1)19-30-35-31(37-36-30)29-20-26(17-18-32-29)34-25-15-13-22(14-16-25)9-6-10-24-21-33-28-12-5-4-11-27(24)28/h1-5,7-8,11-18,20-21,33H,6,9-10,19H2,(H,32,34). The number of aromatic amines is 1. The summed E-state index contributed by atoms with van der Waals surface area (Å²) in [5.74, 6) is 1.06. The van der Waals surface area contributed by atoms with E-state index in [9.17, 15) is 0 Å². The molecular weight excluding hydrogens is 458 g/mol. The Bertz CT molecular complexity index is 1600. The molecule has 0 spiro atoms. The number of anilines is 2. The fraction of sp³-hybridized carbons (Fsp3) is 0.129. The van der Waals surface area contributed by atoms with Gasteiger partial charge < -0.3 is 14.8 Å². The van der Waals surface area contributed by atoms with Crippen LogP contribution >= 0.6 is 0 Å². The average Bonchev–Trinajstić information content (AvgIpc) is 3.58. The number of aryl methyl sites for hydroxylation is 2. The first kappa shape index (κ1) is 22.7. The van der Waals surface area contributed by atoms with Crippen molar-refractivity contribution in [2.24, 2.45) is 0 Å². The number of rotatable bonds is 9. The lowest BCUT2D eigenvalue weighted by Gasteiger charge is -2.08. The fourth-order valence-electron chi connectivity index (χ4n) is 4.58. The van der Waals surface area contributed by atoms with Crippen molar-refractivity contribution in [2.75, 3.05) is 5.32 Å². The highest BCUT2D eigenvalue weighted by Crippen LogP contribution is 2.24. The highest BCUT2D eigenvalue weighted by Gasteiger charge is 2.11. The first-order chi connectivity index (χ1) is 18.3. The second kappa shape index (κ2) is 10.5. The second-order valence-electron chi connectivity index (χ2n) is 9.14. The number of benzene rings is 3. The van der Waals surface area contributed by atoms with Crippen molar-refractivity contribution in [3.63, 3.8) is 0 Å². The maximum atomic E-state index is 5.48. The lowest BCUT2D eigenvalue weighted by molar-refractivity contribution is 0.422. The molecule has 6 heteroatoms. The van der Waals surface area contributed by atoms with Gasteiger partial charge in [0.1, 0.15) is 5.69 Å². The van der Waals surface area contributed by atoms with Gasteiger partial charge in [0.2, 0.25) is 0 Å². The quantitative estimate of drug-likeness (QED) is 0.228. The van der Waals surface area contributed by atoms with Crippen molar-refractivity contribution in [2.45, 2.75) is 25.7 Å². The molecule has 182 valence electrons. The molecule has 0 radical (unpaired) electrons. The molecule has 3 aromatic carbocycles. The largest absolute Gasteiger partial charge is 0.361 e. The van der Waals surface area contributed by atoms with E-state index in [4.69, 9.17) is 4.52 Å². The Morgan fingerprint density at radius 2 is 1.62 bits per heavy atom. The van der Waals surface area contributed by atoms with Crippen LogP contribution in [0.1, 0.15) is 28.9 Å². The summed E-state index contributed by atoms with van der Waals surface area (Å²) < 4.78 is 5.48. The number of para-hydroxylation sites is 1. The predicted molar refractivity (Wildman–Crippen MR) is 147 cm³/mol. The van der Waals surface area contributed by atoms with Crippen molar-refractivity contribution >= 4 is 22.3 Å². The first-order valence-corrected chi connectivity index (χ1v) is 12.5. The minimum atomic E-state index is 0.417. The number of nitrogens with one attached hydrogen (secondary N) is 2. The van der Waals surface area contributed by atoms with Crippen molar-refractivity contribution in [3.05, 3.63) is 126 Å². The first-order valence-electron chi connectivity index (χ1n) is 12.5. The van der Waals surface area contributed by atoms with Crippen LogP contribution in [-0.2, 0) is 19.3 Å². The third-order valence-electron chi connectivity index (χ3n) is 6.48. The Morgan fingerprint density at radius 1 is 0.784 bits per heavy atom. The maximum Gasteiger partial charge on any atom is 0.276 e. The van der Waals surface area contributed by atoms with Crippen molar-refractivity contribution < 1.29 is 4.52 Å². The van der Waals surface area contributed by atoms with Crippen LogP contribution < -0.4 is 5.32 Å². The van der Waals surface area contributed by atoms with E-state index >= 15 is 0 Å². The molecule has 0 aliphatic heterocycles. The van der Waals surface area contributed by atoms with Crippen LogP contribution in [0.25, 0.3) is 22.5 Å². The number of H-pyrrole nitrogens is 1. The molecule has 0 fully saturated rings. The Balaban J connectivity index is 1.06. The minimum Gasteiger partial charge on any atom is -0.361 e. The summed E-state index contributed by atoms with van der Waals surface area (Å²) >= 11 is 0. The summed E-state index contributed by atoms with van der Waals surface area (Å²) in [7, 11) is 0. The van der Waals surface area contributed by atoms with Gasteiger partial charge in [0, 0.05) is 41.1 Å². The average molecular weight is 486 g/mol. The number of aromatic nitrogens is 4. The zero-order valence-corrected chi connectivity index (χ0v) is 20.4. The van der Waals surface area contributed by atoms with Crippen LogP contribution in [0.15, 0.2) is 108 Å². The van der Waals surface area contributed by atoms with Gasteiger partial charge in [0.15, 0.2) is 5.82 Å². The maximum absolute atomic E-state index is 5.48. The number of hydrogen-bond donors (Lipinski definition) is 2. The van der Waals surface area contributed by atoms with Crippen LogP contribution in [0.2, 0.25) is 0 Å². The van der Waals surface area contributed by atoms with Gasteiger partial charge in [0.05, 0.1) is 0 Å². The van der Waals surface area contributed by atoms with Crippen LogP contribution in [0.4, 0.5) is 11.4 Å². The molecule has 0 atom stereocenters. The van der Waals surface area contributed by atoms with E-state index in [0.717, 1.165) is 36.2 Å². The van der Waals surface area contributed by atoms with Gasteiger partial charge in [0.25, 0.3) is 5.89 Å². The molecule has 3 aromatic heterocycles. The van der Waals surface area contributed by atoms with E-state index in [1.807, 2.05) is 42.5 Å². The molecule has 6 rings (SSSR count). The molecule has 0 bridgehead atoms. The summed E-state index contributed by atoms with van der Waals surface area (Å²) in [4.78, 5) is 12.3. The molecule has 0 aliphatic carbocycles. The van der Waals surface area contributed by atoms with Gasteiger partial charge in [-0.1, -0.05) is 65.8 Å². The molecule has 3 heterocycles. The molecule has 6 nitrogen and oxygen atoms in total. The van der Waals surface area contributed by atoms with E-state index in [1.54, 1.807) is 6.20 Å². The van der Waals surface area contributed by atoms with Crippen LogP contribution in [-0.4, -0.2) is 20.1 Å². The summed E-state index contributed by atoms with van der Waals surface area (Å²) in [6.45, 7) is 0.